The number of aryl methyl sites for hydroxylation is 1. The monoisotopic (exact) mass is 327 g/mol. The van der Waals surface area contributed by atoms with Gasteiger partial charge < -0.3 is 9.84 Å². The molecule has 1 atom stereocenters. The summed E-state index contributed by atoms with van der Waals surface area (Å²) in [5.41, 5.74) is 0.850. The summed E-state index contributed by atoms with van der Waals surface area (Å²) in [7, 11) is 0. The third kappa shape index (κ3) is 3.62. The molecule has 0 aliphatic carbocycles. The van der Waals surface area contributed by atoms with Crippen molar-refractivity contribution in [3.63, 3.8) is 0 Å². The number of aromatic nitrogens is 6. The van der Waals surface area contributed by atoms with Crippen LogP contribution >= 0.6 is 0 Å². The molecule has 0 bridgehead atoms. The van der Waals surface area contributed by atoms with Crippen molar-refractivity contribution in [1.29, 1.82) is 0 Å². The topological polar surface area (TPSA) is 112 Å². The van der Waals surface area contributed by atoms with Crippen LogP contribution < -0.4 is 5.32 Å². The Hall–Kier alpha value is -3.10. The van der Waals surface area contributed by atoms with Gasteiger partial charge in [0.2, 0.25) is 17.6 Å². The number of nitrogens with zero attached hydrogens (tertiary/aromatic N) is 6. The van der Waals surface area contributed by atoms with Gasteiger partial charge in [-0.3, -0.25) is 4.79 Å². The molecule has 0 aliphatic rings. The normalized spacial score (nSPS) is 12.1. The molecule has 9 heteroatoms. The SMILES string of the molecule is Cc1noc(CCNC(=O)[C@H](C)n2nnc(-c3ccccc3)n2)n1. The second-order valence-corrected chi connectivity index (χ2v) is 5.25. The maximum absolute atomic E-state index is 12.2. The predicted molar refractivity (Wildman–Crippen MR) is 83.7 cm³/mol. The molecule has 3 aromatic rings. The van der Waals surface area contributed by atoms with Gasteiger partial charge in [0.1, 0.15) is 6.04 Å². The average Bonchev–Trinajstić information content (AvgIpc) is 3.24. The number of hydrogen-bond acceptors (Lipinski definition) is 7. The van der Waals surface area contributed by atoms with Crippen LogP contribution in [0.25, 0.3) is 11.4 Å². The third-order valence-corrected chi connectivity index (χ3v) is 3.39. The van der Waals surface area contributed by atoms with Gasteiger partial charge in [0.25, 0.3) is 0 Å². The van der Waals surface area contributed by atoms with Gasteiger partial charge >= 0.3 is 0 Å². The summed E-state index contributed by atoms with van der Waals surface area (Å²) < 4.78 is 4.99. The highest BCUT2D eigenvalue weighted by molar-refractivity contribution is 5.79. The second-order valence-electron chi connectivity index (χ2n) is 5.25. The van der Waals surface area contributed by atoms with Gasteiger partial charge in [-0.2, -0.15) is 9.78 Å². The Labute approximate surface area is 138 Å². The molecule has 2 aromatic heterocycles. The Kier molecular flexibility index (Phi) is 4.59. The maximum atomic E-state index is 12.2. The van der Waals surface area contributed by atoms with E-state index in [1.54, 1.807) is 13.8 Å². The summed E-state index contributed by atoms with van der Waals surface area (Å²) in [4.78, 5) is 17.6. The summed E-state index contributed by atoms with van der Waals surface area (Å²) in [5.74, 6) is 1.34. The Morgan fingerprint density at radius 1 is 1.33 bits per heavy atom. The zero-order valence-electron chi connectivity index (χ0n) is 13.4. The van der Waals surface area contributed by atoms with E-state index in [9.17, 15) is 4.79 Å². The van der Waals surface area contributed by atoms with Gasteiger partial charge in [-0.15, -0.1) is 10.2 Å². The van der Waals surface area contributed by atoms with Crippen molar-refractivity contribution in [1.82, 2.24) is 35.7 Å². The molecule has 0 spiro atoms. The van der Waals surface area contributed by atoms with E-state index in [1.165, 1.54) is 4.80 Å². The Morgan fingerprint density at radius 2 is 2.12 bits per heavy atom. The quantitative estimate of drug-likeness (QED) is 0.717. The number of benzene rings is 1. The van der Waals surface area contributed by atoms with E-state index in [1.807, 2.05) is 30.3 Å². The number of carbonyl (C=O) groups excluding carboxylic acids is 1. The van der Waals surface area contributed by atoms with Crippen LogP contribution in [-0.4, -0.2) is 42.8 Å². The molecule has 0 saturated heterocycles. The molecule has 0 radical (unpaired) electrons. The van der Waals surface area contributed by atoms with Gasteiger partial charge in [-0.05, 0) is 19.1 Å². The minimum absolute atomic E-state index is 0.205. The highest BCUT2D eigenvalue weighted by atomic mass is 16.5. The molecule has 1 amide bonds. The third-order valence-electron chi connectivity index (χ3n) is 3.39. The summed E-state index contributed by atoms with van der Waals surface area (Å²) in [6.07, 6.45) is 0.472. The largest absolute Gasteiger partial charge is 0.354 e. The first kappa shape index (κ1) is 15.8. The fraction of sp³-hybridized carbons (Fsp3) is 0.333. The fourth-order valence-corrected chi connectivity index (χ4v) is 2.08. The van der Waals surface area contributed by atoms with Crippen molar-refractivity contribution >= 4 is 5.91 Å². The molecule has 9 nitrogen and oxygen atoms in total. The van der Waals surface area contributed by atoms with Gasteiger partial charge in [0, 0.05) is 18.5 Å². The molecule has 2 heterocycles. The van der Waals surface area contributed by atoms with Crippen LogP contribution in [0.5, 0.6) is 0 Å². The van der Waals surface area contributed by atoms with Crippen LogP contribution in [0.2, 0.25) is 0 Å². The molecule has 24 heavy (non-hydrogen) atoms. The molecule has 124 valence electrons. The number of tetrazole rings is 1. The smallest absolute Gasteiger partial charge is 0.246 e. The van der Waals surface area contributed by atoms with Crippen molar-refractivity contribution in [2.75, 3.05) is 6.54 Å². The zero-order chi connectivity index (χ0) is 16.9. The summed E-state index contributed by atoms with van der Waals surface area (Å²) in [6, 6.07) is 8.90. The Balaban J connectivity index is 1.56. The highest BCUT2D eigenvalue weighted by Gasteiger charge is 2.18. The molecule has 0 unspecified atom stereocenters. The molecule has 3 rings (SSSR count). The van der Waals surface area contributed by atoms with E-state index in [2.05, 4.69) is 30.9 Å². The number of rotatable bonds is 6. The lowest BCUT2D eigenvalue weighted by atomic mass is 10.2. The van der Waals surface area contributed by atoms with Crippen molar-refractivity contribution in [3.05, 3.63) is 42.0 Å². The molecule has 0 saturated carbocycles. The van der Waals surface area contributed by atoms with E-state index in [4.69, 9.17) is 4.52 Å². The number of amides is 1. The number of carbonyl (C=O) groups is 1. The minimum atomic E-state index is -0.570. The Bertz CT molecular complexity index is 812. The first-order valence-corrected chi connectivity index (χ1v) is 7.55. The minimum Gasteiger partial charge on any atom is -0.354 e. The highest BCUT2D eigenvalue weighted by Crippen LogP contribution is 2.13. The lowest BCUT2D eigenvalue weighted by molar-refractivity contribution is -0.124. The first-order chi connectivity index (χ1) is 11.6. The van der Waals surface area contributed by atoms with E-state index in [0.29, 0.717) is 30.5 Å². The first-order valence-electron chi connectivity index (χ1n) is 7.55. The molecule has 1 N–H and O–H groups in total. The number of nitrogens with one attached hydrogen (secondary N) is 1. The number of hydrogen-bond donors (Lipinski definition) is 1. The zero-order valence-corrected chi connectivity index (χ0v) is 13.4. The van der Waals surface area contributed by atoms with E-state index < -0.39 is 6.04 Å². The molecular weight excluding hydrogens is 310 g/mol. The van der Waals surface area contributed by atoms with Gasteiger partial charge in [-0.1, -0.05) is 35.5 Å². The van der Waals surface area contributed by atoms with Crippen molar-refractivity contribution < 1.29 is 9.32 Å². The van der Waals surface area contributed by atoms with Gasteiger partial charge in [0.05, 0.1) is 0 Å². The standard InChI is InChI=1S/C15H17N7O2/c1-10(15(23)16-9-8-13-17-11(2)20-24-13)22-19-14(18-21-22)12-6-4-3-5-7-12/h3-7,10H,8-9H2,1-2H3,(H,16,23)/t10-/m0/s1. The summed E-state index contributed by atoms with van der Waals surface area (Å²) in [5, 5.41) is 18.7. The van der Waals surface area contributed by atoms with Crippen LogP contribution in [0.1, 0.15) is 24.7 Å². The lowest BCUT2D eigenvalue weighted by Crippen LogP contribution is -2.33. The molecule has 0 aliphatic heterocycles. The van der Waals surface area contributed by atoms with Crippen LogP contribution in [0, 0.1) is 6.92 Å². The fourth-order valence-electron chi connectivity index (χ4n) is 2.08. The lowest BCUT2D eigenvalue weighted by Gasteiger charge is -2.09. The molecular formula is C15H17N7O2. The van der Waals surface area contributed by atoms with Gasteiger partial charge in [0.15, 0.2) is 5.82 Å². The Morgan fingerprint density at radius 3 is 2.83 bits per heavy atom. The van der Waals surface area contributed by atoms with E-state index in [-0.39, 0.29) is 5.91 Å². The summed E-state index contributed by atoms with van der Waals surface area (Å²) in [6.45, 7) is 3.85. The van der Waals surface area contributed by atoms with Gasteiger partial charge in [-0.25, -0.2) is 0 Å². The van der Waals surface area contributed by atoms with Crippen LogP contribution in [0.3, 0.4) is 0 Å². The average molecular weight is 327 g/mol. The molecule has 1 aromatic carbocycles. The maximum Gasteiger partial charge on any atom is 0.246 e. The van der Waals surface area contributed by atoms with Crippen molar-refractivity contribution in [3.8, 4) is 11.4 Å². The second kappa shape index (κ2) is 6.99. The van der Waals surface area contributed by atoms with Crippen molar-refractivity contribution in [2.24, 2.45) is 0 Å². The predicted octanol–water partition coefficient (Wildman–Crippen LogP) is 0.951. The van der Waals surface area contributed by atoms with Crippen LogP contribution in [-0.2, 0) is 11.2 Å². The van der Waals surface area contributed by atoms with Crippen LogP contribution in [0.4, 0.5) is 0 Å². The van der Waals surface area contributed by atoms with E-state index in [0.717, 1.165) is 5.56 Å². The molecule has 0 fully saturated rings. The summed E-state index contributed by atoms with van der Waals surface area (Å²) >= 11 is 0. The van der Waals surface area contributed by atoms with Crippen molar-refractivity contribution in [2.45, 2.75) is 26.3 Å². The van der Waals surface area contributed by atoms with Crippen LogP contribution in [0.15, 0.2) is 34.9 Å². The van der Waals surface area contributed by atoms with E-state index >= 15 is 0 Å².